The van der Waals surface area contributed by atoms with Crippen molar-refractivity contribution in [2.24, 2.45) is 0 Å². The van der Waals surface area contributed by atoms with E-state index >= 15 is 0 Å². The maximum absolute atomic E-state index is 10.8. The van der Waals surface area contributed by atoms with Gasteiger partial charge in [0.25, 0.3) is 0 Å². The van der Waals surface area contributed by atoms with Crippen molar-refractivity contribution < 1.29 is 9.90 Å². The number of alkyl halides is 1. The Morgan fingerprint density at radius 1 is 1.67 bits per heavy atom. The lowest BCUT2D eigenvalue weighted by Crippen LogP contribution is -2.45. The Hall–Kier alpha value is 0.160. The second-order valence-electron chi connectivity index (χ2n) is 3.60. The third-order valence-electron chi connectivity index (χ3n) is 2.22. The first kappa shape index (κ1) is 10.2. The molecular formula is C8H14INO2. The zero-order chi connectivity index (χ0) is 9.35. The molecule has 0 saturated carbocycles. The molecule has 1 heterocycles. The highest BCUT2D eigenvalue weighted by atomic mass is 127. The highest BCUT2D eigenvalue weighted by Crippen LogP contribution is 2.31. The van der Waals surface area contributed by atoms with Crippen LogP contribution in [0.1, 0.15) is 26.7 Å². The Labute approximate surface area is 86.3 Å². The highest BCUT2D eigenvalue weighted by Gasteiger charge is 2.37. The van der Waals surface area contributed by atoms with Gasteiger partial charge in [0.2, 0.25) is 0 Å². The summed E-state index contributed by atoms with van der Waals surface area (Å²) in [5.41, 5.74) is 0. The van der Waals surface area contributed by atoms with E-state index in [1.807, 2.05) is 0 Å². The molecule has 1 N–H and O–H groups in total. The van der Waals surface area contributed by atoms with Crippen molar-refractivity contribution in [2.75, 3.05) is 6.54 Å². The smallest absolute Gasteiger partial charge is 0.320 e. The molecule has 70 valence electrons. The van der Waals surface area contributed by atoms with Gasteiger partial charge in [-0.15, -0.1) is 0 Å². The predicted molar refractivity (Wildman–Crippen MR) is 55.5 cm³/mol. The van der Waals surface area contributed by atoms with Gasteiger partial charge in [0.05, 0.1) is 3.55 Å². The minimum Gasteiger partial charge on any atom is -0.480 e. The lowest BCUT2D eigenvalue weighted by atomic mass is 10.2. The van der Waals surface area contributed by atoms with Gasteiger partial charge in [0, 0.05) is 6.54 Å². The highest BCUT2D eigenvalue weighted by molar-refractivity contribution is 14.1. The van der Waals surface area contributed by atoms with Crippen LogP contribution in [0, 0.1) is 0 Å². The minimum absolute atomic E-state index is 0.0443. The molecule has 0 spiro atoms. The van der Waals surface area contributed by atoms with E-state index < -0.39 is 5.97 Å². The molecular weight excluding hydrogens is 269 g/mol. The molecule has 0 radical (unpaired) electrons. The average Bonchev–Trinajstić information content (AvgIpc) is 2.30. The standard InChI is InChI=1S/C8H14INO2/c1-8(2,9)10-5-3-4-6(10)7(11)12/h6H,3-5H2,1-2H3,(H,11,12). The molecule has 0 aliphatic carbocycles. The van der Waals surface area contributed by atoms with E-state index in [9.17, 15) is 4.79 Å². The summed E-state index contributed by atoms with van der Waals surface area (Å²) in [4.78, 5) is 12.9. The van der Waals surface area contributed by atoms with Crippen LogP contribution in [0.5, 0.6) is 0 Å². The number of nitrogens with zero attached hydrogens (tertiary/aromatic N) is 1. The SMILES string of the molecule is CC(C)(I)N1CCCC1C(=O)O. The molecule has 1 unspecified atom stereocenters. The van der Waals surface area contributed by atoms with Crippen LogP contribution in [0.15, 0.2) is 0 Å². The van der Waals surface area contributed by atoms with Crippen LogP contribution in [0.3, 0.4) is 0 Å². The largest absolute Gasteiger partial charge is 0.480 e. The Kier molecular flexibility index (Phi) is 2.98. The van der Waals surface area contributed by atoms with Crippen LogP contribution in [0.2, 0.25) is 0 Å². The molecule has 0 amide bonds. The third kappa shape index (κ3) is 2.10. The normalized spacial score (nSPS) is 26.1. The van der Waals surface area contributed by atoms with Crippen LogP contribution in [-0.2, 0) is 4.79 Å². The van der Waals surface area contributed by atoms with Crippen molar-refractivity contribution in [3.8, 4) is 0 Å². The number of carboxylic acid groups (broad SMARTS) is 1. The number of rotatable bonds is 2. The van der Waals surface area contributed by atoms with Gasteiger partial charge in [-0.1, -0.05) is 22.6 Å². The van der Waals surface area contributed by atoms with Crippen molar-refractivity contribution in [2.45, 2.75) is 36.3 Å². The molecule has 0 bridgehead atoms. The van der Waals surface area contributed by atoms with E-state index in [4.69, 9.17) is 5.11 Å². The van der Waals surface area contributed by atoms with Crippen LogP contribution < -0.4 is 0 Å². The Morgan fingerprint density at radius 3 is 2.58 bits per heavy atom. The van der Waals surface area contributed by atoms with Crippen molar-refractivity contribution in [3.05, 3.63) is 0 Å². The molecule has 0 aromatic rings. The van der Waals surface area contributed by atoms with Crippen LogP contribution in [-0.4, -0.2) is 32.1 Å². The van der Waals surface area contributed by atoms with E-state index in [0.29, 0.717) is 0 Å². The summed E-state index contributed by atoms with van der Waals surface area (Å²) in [5.74, 6) is -0.683. The number of halogens is 1. The zero-order valence-electron chi connectivity index (χ0n) is 7.38. The molecule has 0 aromatic heterocycles. The number of carbonyl (C=O) groups is 1. The second kappa shape index (κ2) is 3.49. The van der Waals surface area contributed by atoms with Gasteiger partial charge in [-0.3, -0.25) is 9.69 Å². The maximum Gasteiger partial charge on any atom is 0.320 e. The third-order valence-corrected chi connectivity index (χ3v) is 2.84. The van der Waals surface area contributed by atoms with E-state index in [1.54, 1.807) is 0 Å². The van der Waals surface area contributed by atoms with Crippen LogP contribution in [0.4, 0.5) is 0 Å². The summed E-state index contributed by atoms with van der Waals surface area (Å²) in [6.07, 6.45) is 1.80. The molecule has 12 heavy (non-hydrogen) atoms. The maximum atomic E-state index is 10.8. The number of likely N-dealkylation sites (tertiary alicyclic amines) is 1. The van der Waals surface area contributed by atoms with E-state index in [1.165, 1.54) is 0 Å². The zero-order valence-corrected chi connectivity index (χ0v) is 9.54. The predicted octanol–water partition coefficient (Wildman–Crippen LogP) is 1.71. The Morgan fingerprint density at radius 2 is 2.25 bits per heavy atom. The Balaban J connectivity index is 2.71. The van der Waals surface area contributed by atoms with Gasteiger partial charge >= 0.3 is 5.97 Å². The number of carboxylic acids is 1. The molecule has 1 atom stereocenters. The summed E-state index contributed by atoms with van der Waals surface area (Å²) in [6.45, 7) is 5.01. The molecule has 1 saturated heterocycles. The van der Waals surface area contributed by atoms with Crippen LogP contribution >= 0.6 is 22.6 Å². The topological polar surface area (TPSA) is 40.5 Å². The van der Waals surface area contributed by atoms with E-state index in [-0.39, 0.29) is 9.59 Å². The quantitative estimate of drug-likeness (QED) is 0.476. The lowest BCUT2D eigenvalue weighted by molar-refractivity contribution is -0.142. The molecule has 1 aliphatic heterocycles. The van der Waals surface area contributed by atoms with E-state index in [2.05, 4.69) is 41.3 Å². The number of hydrogen-bond donors (Lipinski definition) is 1. The average molecular weight is 283 g/mol. The molecule has 4 heteroatoms. The van der Waals surface area contributed by atoms with Crippen molar-refractivity contribution in [1.82, 2.24) is 4.90 Å². The molecule has 1 fully saturated rings. The summed E-state index contributed by atoms with van der Waals surface area (Å²) in [5, 5.41) is 8.90. The lowest BCUT2D eigenvalue weighted by Gasteiger charge is -2.33. The number of aliphatic carboxylic acids is 1. The fraction of sp³-hybridized carbons (Fsp3) is 0.875. The van der Waals surface area contributed by atoms with E-state index in [0.717, 1.165) is 19.4 Å². The minimum atomic E-state index is -0.683. The first-order valence-electron chi connectivity index (χ1n) is 4.11. The molecule has 1 aliphatic rings. The molecule has 1 rings (SSSR count). The fourth-order valence-electron chi connectivity index (χ4n) is 1.66. The van der Waals surface area contributed by atoms with Crippen molar-refractivity contribution >= 4 is 28.6 Å². The van der Waals surface area contributed by atoms with Crippen LogP contribution in [0.25, 0.3) is 0 Å². The summed E-state index contributed by atoms with van der Waals surface area (Å²) in [6, 6.07) is -0.267. The first-order valence-corrected chi connectivity index (χ1v) is 5.19. The van der Waals surface area contributed by atoms with Gasteiger partial charge in [0.15, 0.2) is 0 Å². The van der Waals surface area contributed by atoms with Crippen molar-refractivity contribution in [1.29, 1.82) is 0 Å². The number of hydrogen-bond acceptors (Lipinski definition) is 2. The fourth-order valence-corrected chi connectivity index (χ4v) is 2.24. The van der Waals surface area contributed by atoms with Gasteiger partial charge in [-0.2, -0.15) is 0 Å². The monoisotopic (exact) mass is 283 g/mol. The van der Waals surface area contributed by atoms with Gasteiger partial charge in [-0.05, 0) is 26.7 Å². The first-order chi connectivity index (χ1) is 5.43. The van der Waals surface area contributed by atoms with Gasteiger partial charge < -0.3 is 5.11 Å². The second-order valence-corrected chi connectivity index (χ2v) is 6.24. The summed E-state index contributed by atoms with van der Waals surface area (Å²) >= 11 is 2.29. The van der Waals surface area contributed by atoms with Gasteiger partial charge in [0.1, 0.15) is 6.04 Å². The Bertz CT molecular complexity index is 188. The van der Waals surface area contributed by atoms with Gasteiger partial charge in [-0.25, -0.2) is 0 Å². The molecule has 3 nitrogen and oxygen atoms in total. The summed E-state index contributed by atoms with van der Waals surface area (Å²) in [7, 11) is 0. The molecule has 0 aromatic carbocycles. The summed E-state index contributed by atoms with van der Waals surface area (Å²) < 4.78 is -0.0443. The van der Waals surface area contributed by atoms with Crippen molar-refractivity contribution in [3.63, 3.8) is 0 Å².